The molecule has 0 radical (unpaired) electrons. The van der Waals surface area contributed by atoms with E-state index in [1.807, 2.05) is 0 Å². The summed E-state index contributed by atoms with van der Waals surface area (Å²) in [5.74, 6) is 0.467. The third-order valence-electron chi connectivity index (χ3n) is 4.68. The van der Waals surface area contributed by atoms with Crippen LogP contribution in [-0.2, 0) is 14.8 Å². The summed E-state index contributed by atoms with van der Waals surface area (Å²) >= 11 is 0. The molecule has 0 unspecified atom stereocenters. The van der Waals surface area contributed by atoms with Crippen molar-refractivity contribution >= 4 is 21.6 Å². The van der Waals surface area contributed by atoms with Crippen LogP contribution in [0.2, 0.25) is 0 Å². The molecule has 0 bridgehead atoms. The number of amides is 1. The molecule has 11 heteroatoms. The molecule has 1 aliphatic heterocycles. The van der Waals surface area contributed by atoms with Gasteiger partial charge in [0, 0.05) is 32.2 Å². The first-order valence-electron chi connectivity index (χ1n) is 9.10. The van der Waals surface area contributed by atoms with E-state index in [2.05, 4.69) is 0 Å². The number of methoxy groups -OCH3 is 1. The Hall–Kier alpha value is -3.18. The third-order valence-corrected chi connectivity index (χ3v) is 6.59. The van der Waals surface area contributed by atoms with E-state index in [4.69, 9.17) is 9.47 Å². The number of sulfonamides is 1. The summed E-state index contributed by atoms with van der Waals surface area (Å²) in [6.45, 7) is 0.499. The Morgan fingerprint density at radius 2 is 1.73 bits per heavy atom. The summed E-state index contributed by atoms with van der Waals surface area (Å²) < 4.78 is 37.3. The van der Waals surface area contributed by atoms with Gasteiger partial charge in [-0.05, 0) is 30.3 Å². The van der Waals surface area contributed by atoms with E-state index in [-0.39, 0.29) is 55.0 Å². The number of ether oxygens (including phenoxy) is 2. The normalized spacial score (nSPS) is 14.9. The smallest absolute Gasteiger partial charge is 0.273 e. The third kappa shape index (κ3) is 4.86. The van der Waals surface area contributed by atoms with Gasteiger partial charge in [-0.15, -0.1) is 0 Å². The van der Waals surface area contributed by atoms with Gasteiger partial charge in [-0.2, -0.15) is 4.31 Å². The molecule has 30 heavy (non-hydrogen) atoms. The molecule has 160 valence electrons. The lowest BCUT2D eigenvalue weighted by atomic mass is 10.3. The molecule has 1 aliphatic rings. The average molecular weight is 435 g/mol. The van der Waals surface area contributed by atoms with E-state index < -0.39 is 14.9 Å². The highest BCUT2D eigenvalue weighted by Crippen LogP contribution is 2.21. The van der Waals surface area contributed by atoms with E-state index in [0.29, 0.717) is 5.75 Å². The number of nitrogens with zero attached hydrogens (tertiary/aromatic N) is 3. The highest BCUT2D eigenvalue weighted by atomic mass is 32.2. The zero-order valence-corrected chi connectivity index (χ0v) is 17.1. The molecule has 1 heterocycles. The average Bonchev–Trinajstić information content (AvgIpc) is 2.77. The van der Waals surface area contributed by atoms with Gasteiger partial charge in [-0.3, -0.25) is 14.9 Å². The van der Waals surface area contributed by atoms with E-state index in [9.17, 15) is 23.3 Å². The lowest BCUT2D eigenvalue weighted by molar-refractivity contribution is -0.384. The molecule has 0 N–H and O–H groups in total. The summed E-state index contributed by atoms with van der Waals surface area (Å²) in [5.41, 5.74) is -0.127. The maximum atomic E-state index is 12.8. The minimum absolute atomic E-state index is 0.127. The molecule has 0 atom stereocenters. The van der Waals surface area contributed by atoms with Crippen LogP contribution in [0.3, 0.4) is 0 Å². The van der Waals surface area contributed by atoms with Crippen molar-refractivity contribution in [2.75, 3.05) is 39.9 Å². The minimum Gasteiger partial charge on any atom is -0.497 e. The van der Waals surface area contributed by atoms with Crippen molar-refractivity contribution < 1.29 is 27.6 Å². The summed E-state index contributed by atoms with van der Waals surface area (Å²) in [7, 11) is -2.16. The van der Waals surface area contributed by atoms with Crippen LogP contribution in [0.4, 0.5) is 5.69 Å². The number of carbonyl (C=O) groups excluding carboxylic acids is 1. The molecular weight excluding hydrogens is 414 g/mol. The van der Waals surface area contributed by atoms with Crippen LogP contribution in [0, 0.1) is 10.1 Å². The van der Waals surface area contributed by atoms with Crippen LogP contribution >= 0.6 is 0 Å². The molecule has 2 aromatic rings. The zero-order valence-electron chi connectivity index (χ0n) is 16.3. The van der Waals surface area contributed by atoms with Crippen LogP contribution in [0.1, 0.15) is 0 Å². The molecule has 1 saturated heterocycles. The van der Waals surface area contributed by atoms with Crippen LogP contribution in [-0.4, -0.2) is 68.3 Å². The second kappa shape index (κ2) is 9.09. The Morgan fingerprint density at radius 1 is 1.07 bits per heavy atom. The number of piperazine rings is 1. The summed E-state index contributed by atoms with van der Waals surface area (Å²) in [6, 6.07) is 11.7. The number of non-ortho nitro benzene ring substituents is 1. The molecule has 1 amide bonds. The zero-order chi connectivity index (χ0) is 21.7. The number of benzene rings is 2. The predicted molar refractivity (Wildman–Crippen MR) is 107 cm³/mol. The molecule has 3 rings (SSSR count). The van der Waals surface area contributed by atoms with Gasteiger partial charge < -0.3 is 14.4 Å². The fourth-order valence-corrected chi connectivity index (χ4v) is 4.42. The van der Waals surface area contributed by atoms with Crippen molar-refractivity contribution in [2.45, 2.75) is 4.90 Å². The van der Waals surface area contributed by atoms with Gasteiger partial charge in [-0.1, -0.05) is 6.07 Å². The molecule has 0 aromatic heterocycles. The molecular formula is C19H21N3O7S. The van der Waals surface area contributed by atoms with Gasteiger partial charge in [0.25, 0.3) is 11.6 Å². The topological polar surface area (TPSA) is 119 Å². The largest absolute Gasteiger partial charge is 0.497 e. The van der Waals surface area contributed by atoms with E-state index in [1.165, 1.54) is 52.7 Å². The second-order valence-electron chi connectivity index (χ2n) is 6.50. The summed E-state index contributed by atoms with van der Waals surface area (Å²) in [6.07, 6.45) is 0. The highest BCUT2D eigenvalue weighted by Gasteiger charge is 2.30. The first-order valence-corrected chi connectivity index (χ1v) is 10.5. The molecule has 0 aliphatic carbocycles. The molecule has 0 saturated carbocycles. The van der Waals surface area contributed by atoms with Crippen LogP contribution in [0.5, 0.6) is 11.5 Å². The standard InChI is InChI=1S/C19H21N3O7S/c1-28-16-5-7-18(8-6-16)30(26,27)21-11-9-20(10-12-21)19(23)14-29-17-4-2-3-15(13-17)22(24)25/h2-8,13H,9-12,14H2,1H3. The van der Waals surface area contributed by atoms with Crippen molar-refractivity contribution in [2.24, 2.45) is 0 Å². The first kappa shape index (κ1) is 21.5. The lowest BCUT2D eigenvalue weighted by Crippen LogP contribution is -2.51. The number of nitro groups is 1. The minimum atomic E-state index is -3.66. The number of hydrogen-bond acceptors (Lipinski definition) is 7. The second-order valence-corrected chi connectivity index (χ2v) is 8.44. The Morgan fingerprint density at radius 3 is 2.33 bits per heavy atom. The summed E-state index contributed by atoms with van der Waals surface area (Å²) in [5, 5.41) is 10.8. The molecule has 10 nitrogen and oxygen atoms in total. The Bertz CT molecular complexity index is 1020. The Kier molecular flexibility index (Phi) is 6.53. The van der Waals surface area contributed by atoms with Gasteiger partial charge >= 0.3 is 0 Å². The Balaban J connectivity index is 1.54. The van der Waals surface area contributed by atoms with Crippen molar-refractivity contribution in [3.63, 3.8) is 0 Å². The lowest BCUT2D eigenvalue weighted by Gasteiger charge is -2.34. The van der Waals surface area contributed by atoms with Crippen molar-refractivity contribution in [1.29, 1.82) is 0 Å². The van der Waals surface area contributed by atoms with Gasteiger partial charge in [-0.25, -0.2) is 8.42 Å². The van der Waals surface area contributed by atoms with Gasteiger partial charge in [0.2, 0.25) is 10.0 Å². The molecule has 0 spiro atoms. The first-order chi connectivity index (χ1) is 14.3. The van der Waals surface area contributed by atoms with E-state index in [1.54, 1.807) is 12.1 Å². The SMILES string of the molecule is COc1ccc(S(=O)(=O)N2CCN(C(=O)COc3cccc([N+](=O)[O-])c3)CC2)cc1. The van der Waals surface area contributed by atoms with Crippen molar-refractivity contribution in [3.05, 3.63) is 58.6 Å². The van der Waals surface area contributed by atoms with Gasteiger partial charge in [0.05, 0.1) is 23.0 Å². The molecule has 1 fully saturated rings. The van der Waals surface area contributed by atoms with Gasteiger partial charge in [0.1, 0.15) is 11.5 Å². The number of nitro benzene ring substituents is 1. The Labute approximate surface area is 173 Å². The predicted octanol–water partition coefficient (Wildman–Crippen LogP) is 1.52. The van der Waals surface area contributed by atoms with Crippen LogP contribution < -0.4 is 9.47 Å². The number of hydrogen-bond donors (Lipinski definition) is 0. The monoisotopic (exact) mass is 435 g/mol. The van der Waals surface area contributed by atoms with Gasteiger partial charge in [0.15, 0.2) is 6.61 Å². The molecule has 2 aromatic carbocycles. The number of carbonyl (C=O) groups is 1. The highest BCUT2D eigenvalue weighted by molar-refractivity contribution is 7.89. The van der Waals surface area contributed by atoms with E-state index in [0.717, 1.165) is 0 Å². The van der Waals surface area contributed by atoms with Crippen molar-refractivity contribution in [1.82, 2.24) is 9.21 Å². The quantitative estimate of drug-likeness (QED) is 0.478. The maximum Gasteiger partial charge on any atom is 0.273 e. The maximum absolute atomic E-state index is 12.8. The van der Waals surface area contributed by atoms with E-state index >= 15 is 0 Å². The fourth-order valence-electron chi connectivity index (χ4n) is 3.00. The van der Waals surface area contributed by atoms with Crippen molar-refractivity contribution in [3.8, 4) is 11.5 Å². The number of rotatable bonds is 7. The van der Waals surface area contributed by atoms with Crippen LogP contribution in [0.15, 0.2) is 53.4 Å². The fraction of sp³-hybridized carbons (Fsp3) is 0.316. The van der Waals surface area contributed by atoms with Crippen LogP contribution in [0.25, 0.3) is 0 Å². The summed E-state index contributed by atoms with van der Waals surface area (Å²) in [4.78, 5) is 24.3.